The third kappa shape index (κ3) is 9.74. The highest BCUT2D eigenvalue weighted by Gasteiger charge is 2.35. The standard InChI is InChI=1S/C52H55ClN6O8/c1-58-19-16-33-25-44(62-4)46-28-38(33)41(58)22-31-8-11-36(12-9-31)66-45-24-32(23-42-48-34(17-20-59(42)2)26-47(63-5)49(64-6)50(48)67-46)10-15-43(45)65-21-7-18-54-52-55-29-35(30-56-52)57-51(60)39-27-37(61-3)13-14-40(39)53/h8-15,24-30,41-42H,7,16-23H2,1-6H3,(H,57,60)(H,54,55,56)/t41-,42+/m0/s1. The van der Waals surface area contributed by atoms with E-state index in [2.05, 4.69) is 87.0 Å². The number of benzene rings is 5. The number of likely N-dealkylation sites (N-methyl/N-ethyl adjacent to an activating group) is 2. The quantitative estimate of drug-likeness (QED) is 0.113. The number of rotatable bonds is 12. The summed E-state index contributed by atoms with van der Waals surface area (Å²) in [5, 5.41) is 6.33. The van der Waals surface area contributed by atoms with Gasteiger partial charge in [0.15, 0.2) is 34.5 Å². The van der Waals surface area contributed by atoms with Crippen molar-refractivity contribution in [1.29, 1.82) is 0 Å². The van der Waals surface area contributed by atoms with Crippen LogP contribution in [-0.4, -0.2) is 94.5 Å². The monoisotopic (exact) mass is 926 g/mol. The van der Waals surface area contributed by atoms with Gasteiger partial charge < -0.3 is 43.8 Å². The van der Waals surface area contributed by atoms with E-state index in [1.165, 1.54) is 36.2 Å². The van der Waals surface area contributed by atoms with Crippen LogP contribution in [0.25, 0.3) is 0 Å². The van der Waals surface area contributed by atoms with Crippen LogP contribution in [0.5, 0.6) is 51.7 Å². The predicted molar refractivity (Wildman–Crippen MR) is 258 cm³/mol. The second-order valence-corrected chi connectivity index (χ2v) is 17.4. The fraction of sp³-hybridized carbons (Fsp3) is 0.327. The van der Waals surface area contributed by atoms with E-state index in [4.69, 9.17) is 44.8 Å². The number of hydrogen-bond donors (Lipinski definition) is 2. The number of carbonyl (C=O) groups is 1. The van der Waals surface area contributed by atoms with Gasteiger partial charge in [-0.15, -0.1) is 0 Å². The van der Waals surface area contributed by atoms with Crippen molar-refractivity contribution in [2.24, 2.45) is 0 Å². The van der Waals surface area contributed by atoms with Crippen molar-refractivity contribution in [1.82, 2.24) is 19.8 Å². The van der Waals surface area contributed by atoms with E-state index in [1.807, 2.05) is 18.2 Å². The van der Waals surface area contributed by atoms with Crippen molar-refractivity contribution < 1.29 is 38.0 Å². The molecule has 6 aromatic rings. The van der Waals surface area contributed by atoms with E-state index in [0.29, 0.717) is 94.4 Å². The van der Waals surface area contributed by atoms with Crippen LogP contribution in [0.4, 0.5) is 11.6 Å². The number of aromatic nitrogens is 2. The number of fused-ring (bicyclic) bond motifs is 2. The molecule has 0 radical (unpaired) electrons. The SMILES string of the molecule is COc1ccc(Cl)c(C(=O)Nc2cnc(NCCCOc3ccc4cc3Oc3ccc(cc3)C[C@H]3c5cc(c(OC)cc5CCN3C)Oc3c(OC)c(OC)cc5c3[C@@H](C4)N(C)CC5)nc2)c1. The maximum atomic E-state index is 12.9. The van der Waals surface area contributed by atoms with Crippen molar-refractivity contribution in [3.8, 4) is 51.7 Å². The van der Waals surface area contributed by atoms with Gasteiger partial charge in [0.2, 0.25) is 11.7 Å². The van der Waals surface area contributed by atoms with Crippen LogP contribution < -0.4 is 43.8 Å². The topological polar surface area (TPSA) is 138 Å². The molecule has 15 heteroatoms. The van der Waals surface area contributed by atoms with Gasteiger partial charge in [0.25, 0.3) is 5.91 Å². The highest BCUT2D eigenvalue weighted by Crippen LogP contribution is 2.52. The van der Waals surface area contributed by atoms with Crippen molar-refractivity contribution in [3.05, 3.63) is 135 Å². The zero-order valence-electron chi connectivity index (χ0n) is 38.6. The molecular weight excluding hydrogens is 872 g/mol. The molecule has 5 heterocycles. The van der Waals surface area contributed by atoms with Gasteiger partial charge in [-0.1, -0.05) is 29.8 Å². The van der Waals surface area contributed by atoms with Crippen molar-refractivity contribution in [3.63, 3.8) is 0 Å². The molecule has 0 aliphatic carbocycles. The minimum absolute atomic E-state index is 0.0797. The van der Waals surface area contributed by atoms with Crippen LogP contribution in [0, 0.1) is 0 Å². The minimum atomic E-state index is -0.394. The summed E-state index contributed by atoms with van der Waals surface area (Å²) in [6, 6.07) is 25.8. The molecule has 2 atom stereocenters. The van der Waals surface area contributed by atoms with Crippen molar-refractivity contribution in [2.75, 3.05) is 79.4 Å². The Bertz CT molecular complexity index is 2750. The fourth-order valence-corrected chi connectivity index (χ4v) is 9.37. The maximum Gasteiger partial charge on any atom is 0.257 e. The molecule has 0 fully saturated rings. The lowest BCUT2D eigenvalue weighted by Crippen LogP contribution is -2.34. The molecule has 1 amide bonds. The molecule has 67 heavy (non-hydrogen) atoms. The van der Waals surface area contributed by atoms with E-state index in [9.17, 15) is 4.79 Å². The second kappa shape index (κ2) is 20.0. The first-order valence-electron chi connectivity index (χ1n) is 22.4. The summed E-state index contributed by atoms with van der Waals surface area (Å²) in [6.07, 6.45) is 6.89. The molecule has 1 aromatic heterocycles. The lowest BCUT2D eigenvalue weighted by Gasteiger charge is -2.37. The molecule has 0 saturated heterocycles. The Hall–Kier alpha value is -6.74. The minimum Gasteiger partial charge on any atom is -0.497 e. The molecule has 0 saturated carbocycles. The van der Waals surface area contributed by atoms with Gasteiger partial charge in [0.1, 0.15) is 11.5 Å². The normalized spacial score (nSPS) is 16.6. The average Bonchev–Trinajstić information content (AvgIpc) is 3.34. The first kappa shape index (κ1) is 45.4. The summed E-state index contributed by atoms with van der Waals surface area (Å²) in [6.45, 7) is 2.71. The maximum absolute atomic E-state index is 12.9. The molecule has 5 aromatic carbocycles. The van der Waals surface area contributed by atoms with Crippen molar-refractivity contribution >= 4 is 29.1 Å². The third-order valence-electron chi connectivity index (χ3n) is 12.8. The van der Waals surface area contributed by atoms with Gasteiger partial charge in [-0.05, 0) is 135 Å². The number of nitrogens with zero attached hydrogens (tertiary/aromatic N) is 4. The van der Waals surface area contributed by atoms with Crippen molar-refractivity contribution in [2.45, 2.75) is 44.2 Å². The number of methoxy groups -OCH3 is 4. The molecular formula is C52H55ClN6O8. The van der Waals surface area contributed by atoms with E-state index < -0.39 is 5.91 Å². The molecule has 0 spiro atoms. The molecule has 4 aliphatic heterocycles. The molecule has 14 nitrogen and oxygen atoms in total. The van der Waals surface area contributed by atoms with Gasteiger partial charge in [-0.2, -0.15) is 0 Å². The zero-order valence-corrected chi connectivity index (χ0v) is 39.4. The summed E-state index contributed by atoms with van der Waals surface area (Å²) < 4.78 is 43.6. The highest BCUT2D eigenvalue weighted by molar-refractivity contribution is 6.34. The Labute approximate surface area is 396 Å². The van der Waals surface area contributed by atoms with Crippen LogP contribution in [0.3, 0.4) is 0 Å². The van der Waals surface area contributed by atoms with Gasteiger partial charge in [-0.25, -0.2) is 9.97 Å². The van der Waals surface area contributed by atoms with E-state index in [0.717, 1.165) is 49.0 Å². The van der Waals surface area contributed by atoms with Crippen LogP contribution in [0.15, 0.2) is 91.3 Å². The number of anilines is 2. The average molecular weight is 927 g/mol. The summed E-state index contributed by atoms with van der Waals surface area (Å²) in [4.78, 5) is 26.4. The molecule has 10 rings (SSSR count). The van der Waals surface area contributed by atoms with Gasteiger partial charge in [0, 0.05) is 37.3 Å². The number of carbonyl (C=O) groups excluding carboxylic acids is 1. The van der Waals surface area contributed by atoms with Crippen LogP contribution >= 0.6 is 11.6 Å². The van der Waals surface area contributed by atoms with Crippen LogP contribution in [-0.2, 0) is 25.7 Å². The van der Waals surface area contributed by atoms with Crippen LogP contribution in [0.2, 0.25) is 5.02 Å². The Morgan fingerprint density at radius 1 is 0.746 bits per heavy atom. The molecule has 2 N–H and O–H groups in total. The summed E-state index contributed by atoms with van der Waals surface area (Å²) in [7, 11) is 10.9. The Balaban J connectivity index is 0.971. The molecule has 4 aliphatic rings. The predicted octanol–water partition coefficient (Wildman–Crippen LogP) is 9.74. The Kier molecular flexibility index (Phi) is 13.6. The first-order chi connectivity index (χ1) is 32.6. The first-order valence-corrected chi connectivity index (χ1v) is 22.8. The summed E-state index contributed by atoms with van der Waals surface area (Å²) in [5.41, 5.74) is 7.62. The van der Waals surface area contributed by atoms with E-state index in [1.54, 1.807) is 39.5 Å². The number of nitrogens with one attached hydrogen (secondary N) is 2. The summed E-state index contributed by atoms with van der Waals surface area (Å²) in [5.74, 6) is 5.60. The van der Waals surface area contributed by atoms with Gasteiger partial charge in [0.05, 0.1) is 63.7 Å². The third-order valence-corrected chi connectivity index (χ3v) is 13.1. The lowest BCUT2D eigenvalue weighted by atomic mass is 9.87. The smallest absolute Gasteiger partial charge is 0.257 e. The molecule has 348 valence electrons. The molecule has 6 bridgehead atoms. The zero-order chi connectivity index (χ0) is 46.6. The molecule has 0 unspecified atom stereocenters. The number of hydrogen-bond acceptors (Lipinski definition) is 13. The number of halogens is 1. The van der Waals surface area contributed by atoms with Gasteiger partial charge in [-0.3, -0.25) is 14.6 Å². The lowest BCUT2D eigenvalue weighted by molar-refractivity contribution is 0.102. The number of ether oxygens (including phenoxy) is 7. The number of amides is 1. The highest BCUT2D eigenvalue weighted by atomic mass is 35.5. The second-order valence-electron chi connectivity index (χ2n) is 17.0. The van der Waals surface area contributed by atoms with E-state index >= 15 is 0 Å². The largest absolute Gasteiger partial charge is 0.497 e. The summed E-state index contributed by atoms with van der Waals surface area (Å²) >= 11 is 6.26. The Morgan fingerprint density at radius 2 is 1.45 bits per heavy atom. The van der Waals surface area contributed by atoms with E-state index in [-0.39, 0.29) is 17.6 Å². The Morgan fingerprint density at radius 3 is 2.19 bits per heavy atom. The van der Waals surface area contributed by atoms with Gasteiger partial charge >= 0.3 is 0 Å². The fourth-order valence-electron chi connectivity index (χ4n) is 9.17. The van der Waals surface area contributed by atoms with Crippen LogP contribution in [0.1, 0.15) is 62.2 Å².